The largest absolute Gasteiger partial charge is 0.381 e. The SMILES string of the molecule is CC(C)NC(=O)[C@H]1CN(C(=O)c2cccc(Cl)c2)CC12CCOCC2. The van der Waals surface area contributed by atoms with E-state index in [0.29, 0.717) is 36.9 Å². The summed E-state index contributed by atoms with van der Waals surface area (Å²) in [6.07, 6.45) is 1.62. The minimum Gasteiger partial charge on any atom is -0.381 e. The van der Waals surface area contributed by atoms with Gasteiger partial charge >= 0.3 is 0 Å². The van der Waals surface area contributed by atoms with E-state index in [4.69, 9.17) is 16.3 Å². The second kappa shape index (κ2) is 7.34. The molecule has 1 aromatic carbocycles. The van der Waals surface area contributed by atoms with E-state index in [0.717, 1.165) is 12.8 Å². The molecular formula is C19H25ClN2O3. The molecule has 2 aliphatic rings. The Balaban J connectivity index is 1.83. The first-order valence-corrected chi connectivity index (χ1v) is 9.22. The highest BCUT2D eigenvalue weighted by molar-refractivity contribution is 6.30. The summed E-state index contributed by atoms with van der Waals surface area (Å²) in [7, 11) is 0. The molecule has 0 bridgehead atoms. The van der Waals surface area contributed by atoms with Gasteiger partial charge in [-0.2, -0.15) is 0 Å². The number of nitrogens with zero attached hydrogens (tertiary/aromatic N) is 1. The molecule has 1 aromatic rings. The van der Waals surface area contributed by atoms with Gasteiger partial charge in [0.1, 0.15) is 0 Å². The standard InChI is InChI=1S/C19H25ClN2O3/c1-13(2)21-17(23)16-11-22(12-19(16)6-8-25-9-7-19)18(24)14-4-3-5-15(20)10-14/h3-5,10,13,16H,6-9,11-12H2,1-2H3,(H,21,23)/t16-/m1/s1. The second-order valence-corrected chi connectivity index (χ2v) is 7.82. The first-order chi connectivity index (χ1) is 11.9. The fraction of sp³-hybridized carbons (Fsp3) is 0.579. The fourth-order valence-corrected chi connectivity index (χ4v) is 4.15. The number of ether oxygens (including phenoxy) is 1. The number of halogens is 1. The van der Waals surface area contributed by atoms with Crippen LogP contribution in [0.25, 0.3) is 0 Å². The van der Waals surface area contributed by atoms with Gasteiger partial charge in [0.05, 0.1) is 5.92 Å². The van der Waals surface area contributed by atoms with Gasteiger partial charge in [-0.3, -0.25) is 9.59 Å². The Morgan fingerprint density at radius 2 is 2.04 bits per heavy atom. The number of nitrogens with one attached hydrogen (secondary N) is 1. The third-order valence-electron chi connectivity index (χ3n) is 5.24. The van der Waals surface area contributed by atoms with Crippen molar-refractivity contribution in [2.45, 2.75) is 32.7 Å². The molecule has 6 heteroatoms. The van der Waals surface area contributed by atoms with E-state index in [2.05, 4.69) is 5.32 Å². The Labute approximate surface area is 153 Å². The van der Waals surface area contributed by atoms with Crippen LogP contribution in [0.15, 0.2) is 24.3 Å². The van der Waals surface area contributed by atoms with E-state index in [9.17, 15) is 9.59 Å². The van der Waals surface area contributed by atoms with Crippen LogP contribution in [0, 0.1) is 11.3 Å². The minimum absolute atomic E-state index is 0.0401. The van der Waals surface area contributed by atoms with Crippen LogP contribution in [0.3, 0.4) is 0 Å². The van der Waals surface area contributed by atoms with E-state index < -0.39 is 0 Å². The lowest BCUT2D eigenvalue weighted by molar-refractivity contribution is -0.130. The van der Waals surface area contributed by atoms with Gasteiger partial charge in [-0.05, 0) is 44.9 Å². The molecule has 0 radical (unpaired) electrons. The minimum atomic E-state index is -0.193. The summed E-state index contributed by atoms with van der Waals surface area (Å²) < 4.78 is 5.51. The first kappa shape index (κ1) is 18.2. The number of amides is 2. The molecule has 136 valence electrons. The molecule has 3 rings (SSSR count). The van der Waals surface area contributed by atoms with Crippen molar-refractivity contribution in [1.29, 1.82) is 0 Å². The molecule has 1 atom stereocenters. The van der Waals surface area contributed by atoms with Crippen molar-refractivity contribution in [2.24, 2.45) is 11.3 Å². The fourth-order valence-electron chi connectivity index (χ4n) is 3.96. The molecule has 2 aliphatic heterocycles. The normalized spacial score (nSPS) is 22.4. The van der Waals surface area contributed by atoms with Crippen molar-refractivity contribution in [3.05, 3.63) is 34.9 Å². The van der Waals surface area contributed by atoms with Gasteiger partial charge in [0.15, 0.2) is 0 Å². The van der Waals surface area contributed by atoms with Gasteiger partial charge in [0, 0.05) is 48.3 Å². The Morgan fingerprint density at radius 3 is 2.68 bits per heavy atom. The average molecular weight is 365 g/mol. The Morgan fingerprint density at radius 1 is 1.32 bits per heavy atom. The van der Waals surface area contributed by atoms with Crippen molar-refractivity contribution in [2.75, 3.05) is 26.3 Å². The zero-order valence-electron chi connectivity index (χ0n) is 14.8. The van der Waals surface area contributed by atoms with Crippen molar-refractivity contribution in [3.63, 3.8) is 0 Å². The summed E-state index contributed by atoms with van der Waals surface area (Å²) in [6, 6.07) is 7.07. The molecule has 0 aromatic heterocycles. The van der Waals surface area contributed by atoms with E-state index >= 15 is 0 Å². The third kappa shape index (κ3) is 3.82. The molecule has 2 fully saturated rings. The molecule has 0 aliphatic carbocycles. The summed E-state index contributed by atoms with van der Waals surface area (Å²) in [5.41, 5.74) is 0.380. The molecule has 2 amide bonds. The number of carbonyl (C=O) groups is 2. The Bertz CT molecular complexity index is 656. The van der Waals surface area contributed by atoms with Gasteiger partial charge in [-0.25, -0.2) is 0 Å². The van der Waals surface area contributed by atoms with Crippen LogP contribution >= 0.6 is 11.6 Å². The van der Waals surface area contributed by atoms with E-state index in [1.807, 2.05) is 18.7 Å². The topological polar surface area (TPSA) is 58.6 Å². The van der Waals surface area contributed by atoms with E-state index in [-0.39, 0.29) is 29.2 Å². The van der Waals surface area contributed by atoms with Gasteiger partial charge < -0.3 is 15.0 Å². The maximum atomic E-state index is 12.9. The lowest BCUT2D eigenvalue weighted by Crippen LogP contribution is -2.46. The quantitative estimate of drug-likeness (QED) is 0.897. The number of hydrogen-bond acceptors (Lipinski definition) is 3. The summed E-state index contributed by atoms with van der Waals surface area (Å²) >= 11 is 6.02. The maximum Gasteiger partial charge on any atom is 0.253 e. The Kier molecular flexibility index (Phi) is 5.35. The van der Waals surface area contributed by atoms with Gasteiger partial charge in [-0.1, -0.05) is 17.7 Å². The van der Waals surface area contributed by atoms with Crippen molar-refractivity contribution >= 4 is 23.4 Å². The second-order valence-electron chi connectivity index (χ2n) is 7.39. The lowest BCUT2D eigenvalue weighted by Gasteiger charge is -2.37. The molecule has 25 heavy (non-hydrogen) atoms. The van der Waals surface area contributed by atoms with E-state index in [1.54, 1.807) is 24.3 Å². The summed E-state index contributed by atoms with van der Waals surface area (Å²) in [6.45, 7) is 6.24. The smallest absolute Gasteiger partial charge is 0.253 e. The summed E-state index contributed by atoms with van der Waals surface area (Å²) in [4.78, 5) is 27.5. The van der Waals surface area contributed by atoms with E-state index in [1.165, 1.54) is 0 Å². The monoisotopic (exact) mass is 364 g/mol. The molecule has 1 N–H and O–H groups in total. The van der Waals surface area contributed by atoms with Crippen LogP contribution < -0.4 is 5.32 Å². The molecule has 5 nitrogen and oxygen atoms in total. The first-order valence-electron chi connectivity index (χ1n) is 8.84. The lowest BCUT2D eigenvalue weighted by atomic mass is 9.71. The van der Waals surface area contributed by atoms with Crippen molar-refractivity contribution in [1.82, 2.24) is 10.2 Å². The molecular weight excluding hydrogens is 340 g/mol. The molecule has 2 saturated heterocycles. The maximum absolute atomic E-state index is 12.9. The average Bonchev–Trinajstić information content (AvgIpc) is 2.93. The summed E-state index contributed by atoms with van der Waals surface area (Å²) in [5, 5.41) is 3.57. The number of carbonyl (C=O) groups excluding carboxylic acids is 2. The van der Waals surface area contributed by atoms with Gasteiger partial charge in [0.25, 0.3) is 5.91 Å². The van der Waals surface area contributed by atoms with Gasteiger partial charge in [0.2, 0.25) is 5.91 Å². The number of benzene rings is 1. The Hall–Kier alpha value is -1.59. The zero-order chi connectivity index (χ0) is 18.0. The van der Waals surface area contributed by atoms with Crippen molar-refractivity contribution in [3.8, 4) is 0 Å². The third-order valence-corrected chi connectivity index (χ3v) is 5.48. The predicted molar refractivity (Wildman–Crippen MR) is 96.6 cm³/mol. The highest BCUT2D eigenvalue weighted by Crippen LogP contribution is 2.44. The number of hydrogen-bond donors (Lipinski definition) is 1. The number of rotatable bonds is 3. The van der Waals surface area contributed by atoms with Crippen LogP contribution in [0.4, 0.5) is 0 Å². The van der Waals surface area contributed by atoms with Crippen LogP contribution in [0.2, 0.25) is 5.02 Å². The van der Waals surface area contributed by atoms with Crippen molar-refractivity contribution < 1.29 is 14.3 Å². The summed E-state index contributed by atoms with van der Waals surface area (Å²) in [5.74, 6) is -0.214. The van der Waals surface area contributed by atoms with Crippen LogP contribution in [-0.4, -0.2) is 49.1 Å². The zero-order valence-corrected chi connectivity index (χ0v) is 15.5. The molecule has 0 saturated carbocycles. The molecule has 0 unspecified atom stereocenters. The van der Waals surface area contributed by atoms with Crippen LogP contribution in [0.5, 0.6) is 0 Å². The highest BCUT2D eigenvalue weighted by atomic mass is 35.5. The predicted octanol–water partition coefficient (Wildman–Crippen LogP) is 2.73. The van der Waals surface area contributed by atoms with Crippen LogP contribution in [0.1, 0.15) is 37.0 Å². The van der Waals surface area contributed by atoms with Crippen LogP contribution in [-0.2, 0) is 9.53 Å². The highest BCUT2D eigenvalue weighted by Gasteiger charge is 2.51. The molecule has 1 spiro atoms. The van der Waals surface area contributed by atoms with Gasteiger partial charge in [-0.15, -0.1) is 0 Å². The molecule has 2 heterocycles. The number of likely N-dealkylation sites (tertiary alicyclic amines) is 1.